The lowest BCUT2D eigenvalue weighted by atomic mass is 10.2. The molecule has 1 atom stereocenters. The lowest BCUT2D eigenvalue weighted by molar-refractivity contribution is -0.122. The number of hydrogen-bond acceptors (Lipinski definition) is 4. The molecule has 1 heterocycles. The van der Waals surface area contributed by atoms with Gasteiger partial charge in [0.2, 0.25) is 0 Å². The van der Waals surface area contributed by atoms with Gasteiger partial charge in [-0.1, -0.05) is 12.1 Å². The number of aromatic nitrogens is 2. The number of halogens is 1. The number of carbonyl (C=O) groups is 2. The maximum absolute atomic E-state index is 12.5. The highest BCUT2D eigenvalue weighted by Gasteiger charge is 2.25. The van der Waals surface area contributed by atoms with Crippen molar-refractivity contribution in [3.8, 4) is 5.75 Å². The first-order valence-electron chi connectivity index (χ1n) is 7.69. The summed E-state index contributed by atoms with van der Waals surface area (Å²) in [6.45, 7) is 3.43. The number of nitrogens with one attached hydrogen (secondary N) is 1. The number of carbonyl (C=O) groups excluding carboxylic acids is 2. The zero-order valence-corrected chi connectivity index (χ0v) is 16.4. The predicted molar refractivity (Wildman–Crippen MR) is 98.8 cm³/mol. The number of ether oxygens (including phenoxy) is 1. The number of anilines is 1. The molecule has 0 saturated heterocycles. The number of rotatable bonds is 5. The van der Waals surface area contributed by atoms with Crippen LogP contribution in [0.1, 0.15) is 23.1 Å². The molecule has 0 saturated carbocycles. The van der Waals surface area contributed by atoms with Crippen molar-refractivity contribution in [1.29, 1.82) is 0 Å². The van der Waals surface area contributed by atoms with E-state index in [2.05, 4.69) is 26.3 Å². The first kappa shape index (κ1) is 19.0. The molecule has 7 nitrogen and oxygen atoms in total. The van der Waals surface area contributed by atoms with E-state index < -0.39 is 6.10 Å². The molecule has 8 heteroatoms. The largest absolute Gasteiger partial charge is 0.480 e. The van der Waals surface area contributed by atoms with Gasteiger partial charge in [0.1, 0.15) is 5.75 Å². The Balaban J connectivity index is 2.20. The maximum atomic E-state index is 12.5. The minimum absolute atomic E-state index is 0.200. The standard InChI is InChI=1S/C17H21BrN4O3/c1-10-14(15(20-22(10)5)17(24)21(3)4)19-16(23)11(2)25-13-9-7-6-8-12(13)18/h6-9,11H,1-5H3,(H,19,23). The number of para-hydroxylation sites is 1. The molecule has 0 bridgehead atoms. The summed E-state index contributed by atoms with van der Waals surface area (Å²) in [4.78, 5) is 26.2. The summed E-state index contributed by atoms with van der Waals surface area (Å²) in [5.74, 6) is -0.0734. The zero-order valence-electron chi connectivity index (χ0n) is 14.8. The van der Waals surface area contributed by atoms with Crippen molar-refractivity contribution in [3.63, 3.8) is 0 Å². The van der Waals surface area contributed by atoms with Crippen LogP contribution in [0, 0.1) is 6.92 Å². The monoisotopic (exact) mass is 408 g/mol. The summed E-state index contributed by atoms with van der Waals surface area (Å²) in [6.07, 6.45) is -0.749. The van der Waals surface area contributed by atoms with E-state index in [4.69, 9.17) is 4.74 Å². The molecule has 25 heavy (non-hydrogen) atoms. The molecule has 0 aliphatic rings. The summed E-state index contributed by atoms with van der Waals surface area (Å²) in [5.41, 5.74) is 1.28. The highest BCUT2D eigenvalue weighted by Crippen LogP contribution is 2.26. The predicted octanol–water partition coefficient (Wildman–Crippen LogP) is 2.60. The van der Waals surface area contributed by atoms with E-state index in [9.17, 15) is 9.59 Å². The van der Waals surface area contributed by atoms with Crippen molar-refractivity contribution < 1.29 is 14.3 Å². The molecule has 134 valence electrons. The van der Waals surface area contributed by atoms with Crippen molar-refractivity contribution in [2.24, 2.45) is 7.05 Å². The molecule has 2 amide bonds. The van der Waals surface area contributed by atoms with Gasteiger partial charge in [0, 0.05) is 21.1 Å². The smallest absolute Gasteiger partial charge is 0.276 e. The van der Waals surface area contributed by atoms with Gasteiger partial charge in [-0.2, -0.15) is 5.10 Å². The SMILES string of the molecule is Cc1c(NC(=O)C(C)Oc2ccccc2Br)c(C(=O)N(C)C)nn1C. The van der Waals surface area contributed by atoms with Crippen LogP contribution in [0.4, 0.5) is 5.69 Å². The van der Waals surface area contributed by atoms with E-state index in [0.29, 0.717) is 17.1 Å². The number of aryl methyl sites for hydroxylation is 1. The molecule has 1 aromatic carbocycles. The molecule has 2 rings (SSSR count). The second-order valence-electron chi connectivity index (χ2n) is 5.81. The third-order valence-electron chi connectivity index (χ3n) is 3.70. The van der Waals surface area contributed by atoms with Crippen LogP contribution in [-0.4, -0.2) is 46.7 Å². The lowest BCUT2D eigenvalue weighted by Gasteiger charge is -2.16. The van der Waals surface area contributed by atoms with Gasteiger partial charge in [0.25, 0.3) is 11.8 Å². The molecule has 1 aromatic heterocycles. The third-order valence-corrected chi connectivity index (χ3v) is 4.36. The molecular weight excluding hydrogens is 388 g/mol. The fourth-order valence-corrected chi connectivity index (χ4v) is 2.51. The van der Waals surface area contributed by atoms with Gasteiger partial charge in [-0.15, -0.1) is 0 Å². The van der Waals surface area contributed by atoms with E-state index in [1.165, 1.54) is 4.90 Å². The second kappa shape index (κ2) is 7.69. The first-order chi connectivity index (χ1) is 11.7. The van der Waals surface area contributed by atoms with Crippen LogP contribution >= 0.6 is 15.9 Å². The van der Waals surface area contributed by atoms with Gasteiger partial charge >= 0.3 is 0 Å². The summed E-state index contributed by atoms with van der Waals surface area (Å²) >= 11 is 3.38. The molecule has 1 unspecified atom stereocenters. The van der Waals surface area contributed by atoms with Crippen LogP contribution in [0.25, 0.3) is 0 Å². The Labute approximate surface area is 155 Å². The van der Waals surface area contributed by atoms with Crippen molar-refractivity contribution >= 4 is 33.4 Å². The van der Waals surface area contributed by atoms with Crippen LogP contribution in [0.3, 0.4) is 0 Å². The van der Waals surface area contributed by atoms with Gasteiger partial charge in [-0.05, 0) is 41.9 Å². The van der Waals surface area contributed by atoms with E-state index >= 15 is 0 Å². The average molecular weight is 409 g/mol. The zero-order chi connectivity index (χ0) is 18.7. The van der Waals surface area contributed by atoms with Gasteiger partial charge in [0.05, 0.1) is 15.9 Å². The van der Waals surface area contributed by atoms with E-state index in [-0.39, 0.29) is 17.5 Å². The van der Waals surface area contributed by atoms with Gasteiger partial charge in [-0.25, -0.2) is 0 Å². The fourth-order valence-electron chi connectivity index (χ4n) is 2.13. The Bertz CT molecular complexity index is 801. The Hall–Kier alpha value is -2.35. The fraction of sp³-hybridized carbons (Fsp3) is 0.353. The number of nitrogens with zero attached hydrogens (tertiary/aromatic N) is 3. The quantitative estimate of drug-likeness (QED) is 0.824. The second-order valence-corrected chi connectivity index (χ2v) is 6.67. The Morgan fingerprint density at radius 1 is 1.32 bits per heavy atom. The molecule has 0 radical (unpaired) electrons. The summed E-state index contributed by atoms with van der Waals surface area (Å²) in [7, 11) is 4.99. The number of hydrogen-bond donors (Lipinski definition) is 1. The molecule has 0 fully saturated rings. The van der Waals surface area contributed by atoms with E-state index in [0.717, 1.165) is 4.47 Å². The number of benzene rings is 1. The number of amides is 2. The third kappa shape index (κ3) is 4.19. The molecule has 2 aromatic rings. The summed E-state index contributed by atoms with van der Waals surface area (Å²) in [5, 5.41) is 6.97. The van der Waals surface area contributed by atoms with Crippen LogP contribution in [0.5, 0.6) is 5.75 Å². The van der Waals surface area contributed by atoms with Gasteiger partial charge < -0.3 is 15.0 Å². The Morgan fingerprint density at radius 3 is 2.56 bits per heavy atom. The Kier molecular flexibility index (Phi) is 5.84. The summed E-state index contributed by atoms with van der Waals surface area (Å²) < 4.78 is 8.01. The highest BCUT2D eigenvalue weighted by atomic mass is 79.9. The minimum Gasteiger partial charge on any atom is -0.480 e. The first-order valence-corrected chi connectivity index (χ1v) is 8.49. The van der Waals surface area contributed by atoms with Crippen molar-refractivity contribution in [3.05, 3.63) is 40.1 Å². The van der Waals surface area contributed by atoms with Crippen LogP contribution < -0.4 is 10.1 Å². The normalized spacial score (nSPS) is 11.8. The lowest BCUT2D eigenvalue weighted by Crippen LogP contribution is -2.31. The van der Waals surface area contributed by atoms with Crippen molar-refractivity contribution in [2.75, 3.05) is 19.4 Å². The maximum Gasteiger partial charge on any atom is 0.276 e. The van der Waals surface area contributed by atoms with Gasteiger partial charge in [0.15, 0.2) is 11.8 Å². The molecule has 0 aliphatic carbocycles. The summed E-state index contributed by atoms with van der Waals surface area (Å²) in [6, 6.07) is 7.28. The topological polar surface area (TPSA) is 76.5 Å². The Morgan fingerprint density at radius 2 is 1.96 bits per heavy atom. The average Bonchev–Trinajstić information content (AvgIpc) is 2.84. The van der Waals surface area contributed by atoms with Crippen molar-refractivity contribution in [2.45, 2.75) is 20.0 Å². The van der Waals surface area contributed by atoms with Gasteiger partial charge in [-0.3, -0.25) is 14.3 Å². The van der Waals surface area contributed by atoms with Crippen LogP contribution in [0.2, 0.25) is 0 Å². The van der Waals surface area contributed by atoms with Crippen molar-refractivity contribution in [1.82, 2.24) is 14.7 Å². The molecular formula is C17H21BrN4O3. The molecule has 0 aliphatic heterocycles. The molecule has 1 N–H and O–H groups in total. The van der Waals surface area contributed by atoms with Crippen LogP contribution in [0.15, 0.2) is 28.7 Å². The minimum atomic E-state index is -0.749. The van der Waals surface area contributed by atoms with E-state index in [1.807, 2.05) is 18.2 Å². The van der Waals surface area contributed by atoms with E-state index in [1.54, 1.807) is 45.7 Å². The highest BCUT2D eigenvalue weighted by molar-refractivity contribution is 9.10. The molecule has 0 spiro atoms. The van der Waals surface area contributed by atoms with Crippen LogP contribution in [-0.2, 0) is 11.8 Å².